The molecule has 0 unspecified atom stereocenters. The number of hydrazone groups is 1. The lowest BCUT2D eigenvalue weighted by molar-refractivity contribution is 0.585. The molecule has 8 nitrogen and oxygen atoms in total. The average molecular weight is 324 g/mol. The quantitative estimate of drug-likeness (QED) is 0.198. The summed E-state index contributed by atoms with van der Waals surface area (Å²) >= 11 is 0. The first kappa shape index (κ1) is 15.8. The zero-order valence-electron chi connectivity index (χ0n) is 11.2. The highest BCUT2D eigenvalue weighted by atomic mass is 32.2. The van der Waals surface area contributed by atoms with E-state index in [0.717, 1.165) is 6.07 Å². The van der Waals surface area contributed by atoms with Crippen molar-refractivity contribution < 1.29 is 12.8 Å². The van der Waals surface area contributed by atoms with Crippen molar-refractivity contribution in [3.8, 4) is 11.3 Å². The number of nitrogens with one attached hydrogen (secondary N) is 1. The number of halogens is 1. The first-order valence-electron chi connectivity index (χ1n) is 5.92. The number of nitrogens with two attached hydrogens (primary N) is 3. The summed E-state index contributed by atoms with van der Waals surface area (Å²) in [5, 5.41) is 8.74. The zero-order chi connectivity index (χ0) is 16.3. The van der Waals surface area contributed by atoms with Crippen LogP contribution in [0.15, 0.2) is 46.4 Å². The Morgan fingerprint density at radius 3 is 2.50 bits per heavy atom. The van der Waals surface area contributed by atoms with Gasteiger partial charge in [-0.2, -0.15) is 4.39 Å². The highest BCUT2D eigenvalue weighted by Gasteiger charge is 2.21. The number of rotatable bonds is 4. The second kappa shape index (κ2) is 6.05. The number of sulfonamides is 1. The summed E-state index contributed by atoms with van der Waals surface area (Å²) in [5.41, 5.74) is 8.13. The maximum Gasteiger partial charge on any atom is 0.238 e. The smallest absolute Gasteiger partial charge is 0.238 e. The molecule has 1 aromatic carbocycles. The Bertz CT molecular complexity index is 837. The van der Waals surface area contributed by atoms with E-state index in [4.69, 9.17) is 16.7 Å². The van der Waals surface area contributed by atoms with Crippen LogP contribution in [0, 0.1) is 5.95 Å². The summed E-state index contributed by atoms with van der Waals surface area (Å²) in [7, 11) is -4.09. The van der Waals surface area contributed by atoms with Crippen LogP contribution in [0.2, 0.25) is 0 Å². The number of aromatic nitrogens is 1. The molecule has 0 aliphatic heterocycles. The Morgan fingerprint density at radius 2 is 1.91 bits per heavy atom. The van der Waals surface area contributed by atoms with Crippen LogP contribution >= 0.6 is 0 Å². The fourth-order valence-corrected chi connectivity index (χ4v) is 2.70. The summed E-state index contributed by atoms with van der Waals surface area (Å²) in [6.45, 7) is 0. The molecule has 0 saturated carbocycles. The average Bonchev–Trinajstić information content (AvgIpc) is 2.46. The van der Waals surface area contributed by atoms with Gasteiger partial charge in [-0.3, -0.25) is 0 Å². The lowest BCUT2D eigenvalue weighted by Gasteiger charge is -2.12. The predicted molar refractivity (Wildman–Crippen MR) is 79.1 cm³/mol. The Kier molecular flexibility index (Phi) is 4.35. The monoisotopic (exact) mass is 324 g/mol. The molecule has 0 radical (unpaired) electrons. The third-order valence-corrected chi connectivity index (χ3v) is 3.72. The number of hydrogen-bond acceptors (Lipinski definition) is 6. The largest absolute Gasteiger partial charge is 0.382 e. The predicted octanol–water partition coefficient (Wildman–Crippen LogP) is -0.381. The summed E-state index contributed by atoms with van der Waals surface area (Å²) in [4.78, 5) is 3.43. The molecule has 7 N–H and O–H groups in total. The number of hydrazine groups is 1. The van der Waals surface area contributed by atoms with Crippen molar-refractivity contribution in [2.75, 3.05) is 0 Å². The lowest BCUT2D eigenvalue weighted by Crippen LogP contribution is -2.26. The molecule has 0 saturated heterocycles. The summed E-state index contributed by atoms with van der Waals surface area (Å²) in [6.07, 6.45) is 0. The van der Waals surface area contributed by atoms with Gasteiger partial charge in [0.2, 0.25) is 16.0 Å². The van der Waals surface area contributed by atoms with Crippen LogP contribution in [-0.2, 0) is 10.0 Å². The lowest BCUT2D eigenvalue weighted by atomic mass is 10.0. The van der Waals surface area contributed by atoms with Crippen LogP contribution in [0.3, 0.4) is 0 Å². The SMILES string of the molecule is NN/N=C(\N)c1c(-c2cccc(F)n2)cccc1S(N)(=O)=O. The summed E-state index contributed by atoms with van der Waals surface area (Å²) in [6, 6.07) is 8.30. The van der Waals surface area contributed by atoms with E-state index in [1.165, 1.54) is 30.3 Å². The van der Waals surface area contributed by atoms with Crippen molar-refractivity contribution in [3.05, 3.63) is 47.9 Å². The topological polar surface area (TPSA) is 149 Å². The first-order valence-corrected chi connectivity index (χ1v) is 7.47. The Hall–Kier alpha value is -2.56. The van der Waals surface area contributed by atoms with Crippen molar-refractivity contribution in [2.24, 2.45) is 21.8 Å². The molecule has 0 fully saturated rings. The number of pyridine rings is 1. The van der Waals surface area contributed by atoms with Gasteiger partial charge in [-0.15, -0.1) is 5.10 Å². The molecule has 10 heteroatoms. The molecule has 0 bridgehead atoms. The van der Waals surface area contributed by atoms with Gasteiger partial charge in [0, 0.05) is 11.1 Å². The molecular weight excluding hydrogens is 311 g/mol. The number of primary sulfonamides is 1. The number of hydrogen-bond donors (Lipinski definition) is 4. The first-order chi connectivity index (χ1) is 10.3. The number of nitrogens with zero attached hydrogens (tertiary/aromatic N) is 2. The molecule has 116 valence electrons. The van der Waals surface area contributed by atoms with Gasteiger partial charge in [-0.05, 0) is 18.2 Å². The Morgan fingerprint density at radius 1 is 1.23 bits per heavy atom. The van der Waals surface area contributed by atoms with Crippen LogP contribution in [0.4, 0.5) is 4.39 Å². The van der Waals surface area contributed by atoms with E-state index in [1.807, 2.05) is 5.53 Å². The third-order valence-electron chi connectivity index (χ3n) is 2.76. The zero-order valence-corrected chi connectivity index (χ0v) is 12.0. The second-order valence-corrected chi connectivity index (χ2v) is 5.73. The van der Waals surface area contributed by atoms with Crippen molar-refractivity contribution >= 4 is 15.9 Å². The third kappa shape index (κ3) is 3.19. The van der Waals surface area contributed by atoms with Crippen LogP contribution in [0.25, 0.3) is 11.3 Å². The van der Waals surface area contributed by atoms with Crippen molar-refractivity contribution in [3.63, 3.8) is 0 Å². The van der Waals surface area contributed by atoms with Crippen LogP contribution in [0.1, 0.15) is 5.56 Å². The van der Waals surface area contributed by atoms with Crippen LogP contribution in [-0.4, -0.2) is 19.2 Å². The summed E-state index contributed by atoms with van der Waals surface area (Å²) < 4.78 is 36.8. The molecule has 22 heavy (non-hydrogen) atoms. The van der Waals surface area contributed by atoms with Gasteiger partial charge in [0.1, 0.15) is 0 Å². The normalized spacial score (nSPS) is 12.2. The second-order valence-electron chi connectivity index (χ2n) is 4.20. The highest BCUT2D eigenvalue weighted by molar-refractivity contribution is 7.89. The molecule has 0 aliphatic carbocycles. The highest BCUT2D eigenvalue weighted by Crippen LogP contribution is 2.27. The molecule has 1 aromatic heterocycles. The molecule has 2 aromatic rings. The minimum atomic E-state index is -4.09. The molecule has 0 atom stereocenters. The van der Waals surface area contributed by atoms with Crippen molar-refractivity contribution in [1.29, 1.82) is 0 Å². The van der Waals surface area contributed by atoms with Crippen molar-refractivity contribution in [2.45, 2.75) is 4.90 Å². The molecular formula is C12H13FN6O2S. The molecule has 0 aliphatic rings. The van der Waals surface area contributed by atoms with E-state index >= 15 is 0 Å². The van der Waals surface area contributed by atoms with Gasteiger partial charge < -0.3 is 5.73 Å². The van der Waals surface area contributed by atoms with Crippen LogP contribution in [0.5, 0.6) is 0 Å². The maximum atomic E-state index is 13.3. The molecule has 1 heterocycles. The van der Waals surface area contributed by atoms with Gasteiger partial charge >= 0.3 is 0 Å². The molecule has 2 rings (SSSR count). The fourth-order valence-electron chi connectivity index (χ4n) is 1.93. The maximum absolute atomic E-state index is 13.3. The Balaban J connectivity index is 2.83. The molecule has 0 spiro atoms. The van der Waals surface area contributed by atoms with Gasteiger partial charge in [0.05, 0.1) is 10.6 Å². The van der Waals surface area contributed by atoms with Gasteiger partial charge in [0.15, 0.2) is 5.84 Å². The van der Waals surface area contributed by atoms with E-state index in [2.05, 4.69) is 10.1 Å². The number of benzene rings is 1. The summed E-state index contributed by atoms with van der Waals surface area (Å²) in [5.74, 6) is 4.11. The Labute approximate surface area is 125 Å². The van der Waals surface area contributed by atoms with E-state index < -0.39 is 16.0 Å². The fraction of sp³-hybridized carbons (Fsp3) is 0. The van der Waals surface area contributed by atoms with E-state index in [1.54, 1.807) is 0 Å². The van der Waals surface area contributed by atoms with Gasteiger partial charge in [0.25, 0.3) is 0 Å². The van der Waals surface area contributed by atoms with Gasteiger partial charge in [-0.1, -0.05) is 18.2 Å². The van der Waals surface area contributed by atoms with Crippen molar-refractivity contribution in [1.82, 2.24) is 10.5 Å². The van der Waals surface area contributed by atoms with E-state index in [0.29, 0.717) is 0 Å². The van der Waals surface area contributed by atoms with E-state index in [-0.39, 0.29) is 27.6 Å². The minimum absolute atomic E-state index is 0.0129. The molecule has 0 amide bonds. The van der Waals surface area contributed by atoms with Gasteiger partial charge in [-0.25, -0.2) is 29.9 Å². The van der Waals surface area contributed by atoms with E-state index in [9.17, 15) is 12.8 Å². The standard InChI is InChI=1S/C12H13FN6O2S/c13-10-6-2-4-8(17-10)7-3-1-5-9(22(16,20)21)11(7)12(14)18-19-15/h1-6,19H,15H2,(H2,14,18)(H2,16,20,21). The number of amidine groups is 1. The minimum Gasteiger partial charge on any atom is -0.382 e. The van der Waals surface area contributed by atoms with Crippen LogP contribution < -0.4 is 22.3 Å².